The van der Waals surface area contributed by atoms with Gasteiger partial charge in [0.25, 0.3) is 0 Å². The van der Waals surface area contributed by atoms with E-state index in [1.54, 1.807) is 0 Å². The molecule has 0 spiro atoms. The van der Waals surface area contributed by atoms with Gasteiger partial charge in [0.15, 0.2) is 0 Å². The lowest BCUT2D eigenvalue weighted by molar-refractivity contribution is 0.0130. The fourth-order valence-corrected chi connectivity index (χ4v) is 2.30. The summed E-state index contributed by atoms with van der Waals surface area (Å²) in [7, 11) is 0. The Hall–Kier alpha value is -0.670. The van der Waals surface area contributed by atoms with Gasteiger partial charge in [0, 0.05) is 18.2 Å². The van der Waals surface area contributed by atoms with E-state index in [1.807, 2.05) is 0 Å². The Morgan fingerprint density at radius 2 is 2.12 bits per heavy atom. The molecule has 2 unspecified atom stereocenters. The van der Waals surface area contributed by atoms with E-state index in [4.69, 9.17) is 16.3 Å². The summed E-state index contributed by atoms with van der Waals surface area (Å²) in [4.78, 5) is 0. The zero-order chi connectivity index (χ0) is 11.5. The first kappa shape index (κ1) is 11.8. The lowest BCUT2D eigenvalue weighted by Gasteiger charge is -2.27. The minimum atomic E-state index is -0.603. The molecule has 0 saturated carbocycles. The third-order valence-corrected chi connectivity index (χ3v) is 3.32. The van der Waals surface area contributed by atoms with Crippen molar-refractivity contribution in [2.75, 3.05) is 6.61 Å². The second kappa shape index (κ2) is 5.11. The Morgan fingerprint density at radius 1 is 1.31 bits per heavy atom. The lowest BCUT2D eigenvalue weighted by atomic mass is 10.0. The van der Waals surface area contributed by atoms with Crippen LogP contribution in [0.5, 0.6) is 0 Å². The first-order chi connectivity index (χ1) is 7.68. The molecule has 0 aliphatic carbocycles. The summed E-state index contributed by atoms with van der Waals surface area (Å²) < 4.78 is 31.7. The Labute approximate surface area is 98.4 Å². The van der Waals surface area contributed by atoms with Crippen molar-refractivity contribution in [1.29, 1.82) is 0 Å². The minimum Gasteiger partial charge on any atom is -0.376 e. The van der Waals surface area contributed by atoms with E-state index in [0.717, 1.165) is 25.3 Å². The molecule has 1 nitrogen and oxygen atoms in total. The van der Waals surface area contributed by atoms with Crippen LogP contribution in [-0.4, -0.2) is 12.7 Å². The van der Waals surface area contributed by atoms with Gasteiger partial charge >= 0.3 is 0 Å². The van der Waals surface area contributed by atoms with Crippen molar-refractivity contribution in [3.05, 3.63) is 35.4 Å². The molecule has 1 aromatic rings. The number of halogens is 3. The molecule has 1 heterocycles. The number of benzene rings is 1. The highest BCUT2D eigenvalue weighted by atomic mass is 35.5. The topological polar surface area (TPSA) is 9.23 Å². The fraction of sp³-hybridized carbons (Fsp3) is 0.500. The smallest absolute Gasteiger partial charge is 0.130 e. The largest absolute Gasteiger partial charge is 0.376 e. The maximum absolute atomic E-state index is 13.5. The van der Waals surface area contributed by atoms with E-state index in [-0.39, 0.29) is 6.10 Å². The molecule has 88 valence electrons. The molecule has 1 saturated heterocycles. The van der Waals surface area contributed by atoms with Gasteiger partial charge in [0.1, 0.15) is 11.6 Å². The fourth-order valence-electron chi connectivity index (χ4n) is 1.92. The van der Waals surface area contributed by atoms with Crippen LogP contribution in [-0.2, 0) is 4.74 Å². The third kappa shape index (κ3) is 2.53. The summed E-state index contributed by atoms with van der Waals surface area (Å²) >= 11 is 6.16. The van der Waals surface area contributed by atoms with Crippen molar-refractivity contribution in [1.82, 2.24) is 0 Å². The SMILES string of the molecule is Fc1ccc(C(Cl)C2CCCCO2)c(F)c1. The van der Waals surface area contributed by atoms with Crippen LogP contribution in [0.15, 0.2) is 18.2 Å². The van der Waals surface area contributed by atoms with Gasteiger partial charge in [0.2, 0.25) is 0 Å². The van der Waals surface area contributed by atoms with Gasteiger partial charge in [-0.15, -0.1) is 11.6 Å². The standard InChI is InChI=1S/C12H13ClF2O/c13-12(11-3-1-2-6-16-11)9-5-4-8(14)7-10(9)15/h4-5,7,11-12H,1-3,6H2. The number of hydrogen-bond acceptors (Lipinski definition) is 1. The maximum Gasteiger partial charge on any atom is 0.130 e. The molecule has 1 aromatic carbocycles. The van der Waals surface area contributed by atoms with Gasteiger partial charge in [-0.1, -0.05) is 6.07 Å². The van der Waals surface area contributed by atoms with Crippen LogP contribution in [0, 0.1) is 11.6 Å². The zero-order valence-electron chi connectivity index (χ0n) is 8.76. The van der Waals surface area contributed by atoms with Gasteiger partial charge in [0.05, 0.1) is 11.5 Å². The molecule has 16 heavy (non-hydrogen) atoms. The summed E-state index contributed by atoms with van der Waals surface area (Å²) in [6.45, 7) is 0.663. The summed E-state index contributed by atoms with van der Waals surface area (Å²) in [5.74, 6) is -1.19. The monoisotopic (exact) mass is 246 g/mol. The molecule has 0 radical (unpaired) electrons. The Kier molecular flexibility index (Phi) is 3.77. The van der Waals surface area contributed by atoms with E-state index >= 15 is 0 Å². The quantitative estimate of drug-likeness (QED) is 0.721. The van der Waals surface area contributed by atoms with E-state index < -0.39 is 17.0 Å². The van der Waals surface area contributed by atoms with Gasteiger partial charge in [-0.25, -0.2) is 8.78 Å². The molecule has 4 heteroatoms. The Bertz CT molecular complexity index is 364. The third-order valence-electron chi connectivity index (χ3n) is 2.80. The van der Waals surface area contributed by atoms with Crippen LogP contribution in [0.2, 0.25) is 0 Å². The molecule has 0 bridgehead atoms. The Morgan fingerprint density at radius 3 is 2.75 bits per heavy atom. The Balaban J connectivity index is 2.15. The van der Waals surface area contributed by atoms with Crippen molar-refractivity contribution >= 4 is 11.6 Å². The van der Waals surface area contributed by atoms with Crippen LogP contribution in [0.3, 0.4) is 0 Å². The molecule has 2 atom stereocenters. The summed E-state index contributed by atoms with van der Waals surface area (Å²) in [6.07, 6.45) is 2.71. The van der Waals surface area contributed by atoms with E-state index in [9.17, 15) is 8.78 Å². The molecular formula is C12H13ClF2O. The van der Waals surface area contributed by atoms with Crippen molar-refractivity contribution < 1.29 is 13.5 Å². The van der Waals surface area contributed by atoms with Gasteiger partial charge in [-0.05, 0) is 25.3 Å². The average molecular weight is 247 g/mol. The van der Waals surface area contributed by atoms with Crippen molar-refractivity contribution in [3.63, 3.8) is 0 Å². The molecule has 1 aliphatic rings. The first-order valence-electron chi connectivity index (χ1n) is 5.39. The van der Waals surface area contributed by atoms with Crippen LogP contribution in [0.4, 0.5) is 8.78 Å². The van der Waals surface area contributed by atoms with Crippen LogP contribution < -0.4 is 0 Å². The summed E-state index contributed by atoms with van der Waals surface area (Å²) in [5, 5.41) is -0.541. The zero-order valence-corrected chi connectivity index (χ0v) is 9.51. The second-order valence-electron chi connectivity index (χ2n) is 3.97. The highest BCUT2D eigenvalue weighted by molar-refractivity contribution is 6.21. The van der Waals surface area contributed by atoms with Crippen molar-refractivity contribution in [3.8, 4) is 0 Å². The normalized spacial score (nSPS) is 23.1. The predicted molar refractivity (Wildman–Crippen MR) is 58.5 cm³/mol. The predicted octanol–water partition coefficient (Wildman–Crippen LogP) is 3.81. The number of rotatable bonds is 2. The van der Waals surface area contributed by atoms with Crippen molar-refractivity contribution in [2.24, 2.45) is 0 Å². The van der Waals surface area contributed by atoms with Gasteiger partial charge < -0.3 is 4.74 Å². The molecule has 2 rings (SSSR count). The number of alkyl halides is 1. The van der Waals surface area contributed by atoms with Crippen LogP contribution in [0.25, 0.3) is 0 Å². The number of hydrogen-bond donors (Lipinski definition) is 0. The van der Waals surface area contributed by atoms with Gasteiger partial charge in [-0.2, -0.15) is 0 Å². The number of ether oxygens (including phenoxy) is 1. The summed E-state index contributed by atoms with van der Waals surface area (Å²) in [5.41, 5.74) is 0.315. The molecule has 1 fully saturated rings. The summed E-state index contributed by atoms with van der Waals surface area (Å²) in [6, 6.07) is 3.46. The molecule has 0 aromatic heterocycles. The lowest BCUT2D eigenvalue weighted by Crippen LogP contribution is -2.24. The molecule has 0 amide bonds. The van der Waals surface area contributed by atoms with Crippen LogP contribution in [0.1, 0.15) is 30.2 Å². The van der Waals surface area contributed by atoms with Crippen LogP contribution >= 0.6 is 11.6 Å². The average Bonchev–Trinajstić information content (AvgIpc) is 2.29. The van der Waals surface area contributed by atoms with E-state index in [1.165, 1.54) is 12.1 Å². The highest BCUT2D eigenvalue weighted by Crippen LogP contribution is 2.33. The van der Waals surface area contributed by atoms with E-state index in [2.05, 4.69) is 0 Å². The first-order valence-corrected chi connectivity index (χ1v) is 5.83. The molecule has 0 N–H and O–H groups in total. The molecular weight excluding hydrogens is 234 g/mol. The second-order valence-corrected chi connectivity index (χ2v) is 4.44. The highest BCUT2D eigenvalue weighted by Gasteiger charge is 2.26. The van der Waals surface area contributed by atoms with Gasteiger partial charge in [-0.3, -0.25) is 0 Å². The molecule has 1 aliphatic heterocycles. The van der Waals surface area contributed by atoms with E-state index in [0.29, 0.717) is 12.2 Å². The van der Waals surface area contributed by atoms with Crippen molar-refractivity contribution in [2.45, 2.75) is 30.7 Å². The minimum absolute atomic E-state index is 0.171. The maximum atomic E-state index is 13.5.